The highest BCUT2D eigenvalue weighted by atomic mass is 19.1. The Morgan fingerprint density at radius 3 is 2.88 bits per heavy atom. The SMILES string of the molecule is CCC(C)C1CN(CCCF)C(C)CCN1. The van der Waals surface area contributed by atoms with Crippen molar-refractivity contribution in [2.24, 2.45) is 5.92 Å². The van der Waals surface area contributed by atoms with Gasteiger partial charge in [-0.3, -0.25) is 9.29 Å². The molecule has 1 rings (SSSR count). The van der Waals surface area contributed by atoms with Crippen molar-refractivity contribution in [3.63, 3.8) is 0 Å². The first-order valence-electron chi connectivity index (χ1n) is 6.72. The van der Waals surface area contributed by atoms with E-state index in [2.05, 4.69) is 31.0 Å². The van der Waals surface area contributed by atoms with E-state index >= 15 is 0 Å². The standard InChI is InChI=1S/C13H27FN2/c1-4-11(2)13-10-16(9-5-7-14)12(3)6-8-15-13/h11-13,15H,4-10H2,1-3H3. The lowest BCUT2D eigenvalue weighted by molar-refractivity contribution is 0.181. The Bertz CT molecular complexity index is 187. The van der Waals surface area contributed by atoms with Crippen LogP contribution in [0.5, 0.6) is 0 Å². The summed E-state index contributed by atoms with van der Waals surface area (Å²) < 4.78 is 12.3. The minimum absolute atomic E-state index is 0.190. The molecule has 1 N–H and O–H groups in total. The number of hydrogen-bond donors (Lipinski definition) is 1. The van der Waals surface area contributed by atoms with Crippen LogP contribution >= 0.6 is 0 Å². The van der Waals surface area contributed by atoms with Crippen LogP contribution in [0.2, 0.25) is 0 Å². The van der Waals surface area contributed by atoms with E-state index in [-0.39, 0.29) is 6.67 Å². The molecular weight excluding hydrogens is 203 g/mol. The zero-order chi connectivity index (χ0) is 12.0. The Labute approximate surface area is 99.6 Å². The first-order valence-corrected chi connectivity index (χ1v) is 6.72. The van der Waals surface area contributed by atoms with E-state index in [4.69, 9.17) is 0 Å². The van der Waals surface area contributed by atoms with E-state index in [9.17, 15) is 4.39 Å². The highest BCUT2D eigenvalue weighted by Gasteiger charge is 2.25. The summed E-state index contributed by atoms with van der Waals surface area (Å²) >= 11 is 0. The molecule has 3 unspecified atom stereocenters. The van der Waals surface area contributed by atoms with Crippen molar-refractivity contribution in [1.82, 2.24) is 10.2 Å². The number of rotatable bonds is 5. The number of hydrogen-bond acceptors (Lipinski definition) is 2. The molecule has 1 heterocycles. The van der Waals surface area contributed by atoms with Crippen LogP contribution in [0.25, 0.3) is 0 Å². The van der Waals surface area contributed by atoms with Gasteiger partial charge in [0.1, 0.15) is 0 Å². The molecule has 1 fully saturated rings. The maximum absolute atomic E-state index is 12.3. The van der Waals surface area contributed by atoms with E-state index in [0.29, 0.717) is 24.4 Å². The maximum atomic E-state index is 12.3. The monoisotopic (exact) mass is 230 g/mol. The first kappa shape index (κ1) is 13.9. The Hall–Kier alpha value is -0.150. The molecule has 1 aliphatic rings. The van der Waals surface area contributed by atoms with E-state index in [0.717, 1.165) is 19.6 Å². The summed E-state index contributed by atoms with van der Waals surface area (Å²) in [7, 11) is 0. The van der Waals surface area contributed by atoms with Gasteiger partial charge in [-0.25, -0.2) is 0 Å². The normalized spacial score (nSPS) is 30.0. The molecule has 0 aromatic heterocycles. The quantitative estimate of drug-likeness (QED) is 0.780. The third-order valence-corrected chi connectivity index (χ3v) is 3.93. The fourth-order valence-electron chi connectivity index (χ4n) is 2.40. The lowest BCUT2D eigenvalue weighted by Crippen LogP contribution is -2.43. The van der Waals surface area contributed by atoms with Crippen LogP contribution in [0, 0.1) is 5.92 Å². The minimum atomic E-state index is -0.190. The number of nitrogens with one attached hydrogen (secondary N) is 1. The van der Waals surface area contributed by atoms with Gasteiger partial charge in [-0.05, 0) is 32.2 Å². The number of halogens is 1. The van der Waals surface area contributed by atoms with Crippen molar-refractivity contribution < 1.29 is 4.39 Å². The number of alkyl halides is 1. The second-order valence-corrected chi connectivity index (χ2v) is 5.12. The topological polar surface area (TPSA) is 15.3 Å². The van der Waals surface area contributed by atoms with Gasteiger partial charge in [0.05, 0.1) is 6.67 Å². The largest absolute Gasteiger partial charge is 0.312 e. The van der Waals surface area contributed by atoms with Crippen molar-refractivity contribution >= 4 is 0 Å². The third kappa shape index (κ3) is 4.02. The van der Waals surface area contributed by atoms with Crippen molar-refractivity contribution in [3.8, 4) is 0 Å². The molecule has 0 spiro atoms. The van der Waals surface area contributed by atoms with Gasteiger partial charge in [-0.2, -0.15) is 0 Å². The molecule has 0 radical (unpaired) electrons. The molecule has 0 bridgehead atoms. The van der Waals surface area contributed by atoms with Crippen LogP contribution in [0.3, 0.4) is 0 Å². The van der Waals surface area contributed by atoms with E-state index in [1.807, 2.05) is 0 Å². The van der Waals surface area contributed by atoms with Crippen molar-refractivity contribution in [2.75, 3.05) is 26.3 Å². The summed E-state index contributed by atoms with van der Waals surface area (Å²) in [6, 6.07) is 1.17. The summed E-state index contributed by atoms with van der Waals surface area (Å²) in [5.74, 6) is 0.707. The number of nitrogens with zero attached hydrogens (tertiary/aromatic N) is 1. The van der Waals surface area contributed by atoms with E-state index < -0.39 is 0 Å². The maximum Gasteiger partial charge on any atom is 0.0906 e. The summed E-state index contributed by atoms with van der Waals surface area (Å²) in [5.41, 5.74) is 0. The molecule has 3 heteroatoms. The van der Waals surface area contributed by atoms with Crippen molar-refractivity contribution in [2.45, 2.75) is 52.1 Å². The van der Waals surface area contributed by atoms with Gasteiger partial charge < -0.3 is 5.32 Å². The Morgan fingerprint density at radius 1 is 1.50 bits per heavy atom. The Balaban J connectivity index is 2.51. The first-order chi connectivity index (χ1) is 7.69. The lowest BCUT2D eigenvalue weighted by atomic mass is 9.99. The van der Waals surface area contributed by atoms with Crippen LogP contribution in [0.1, 0.15) is 40.0 Å². The summed E-state index contributed by atoms with van der Waals surface area (Å²) in [6.07, 6.45) is 3.07. The zero-order valence-electron chi connectivity index (χ0n) is 11.0. The van der Waals surface area contributed by atoms with Crippen LogP contribution in [-0.2, 0) is 0 Å². The molecule has 2 nitrogen and oxygen atoms in total. The van der Waals surface area contributed by atoms with Crippen LogP contribution in [0.4, 0.5) is 4.39 Å². The predicted octanol–water partition coefficient (Wildman–Crippen LogP) is 2.44. The second kappa shape index (κ2) is 7.23. The molecule has 0 aromatic carbocycles. The molecule has 1 saturated heterocycles. The Kier molecular flexibility index (Phi) is 6.29. The van der Waals surface area contributed by atoms with Crippen LogP contribution in [0.15, 0.2) is 0 Å². The highest BCUT2D eigenvalue weighted by molar-refractivity contribution is 4.83. The van der Waals surface area contributed by atoms with Gasteiger partial charge in [0.15, 0.2) is 0 Å². The van der Waals surface area contributed by atoms with E-state index in [1.54, 1.807) is 0 Å². The second-order valence-electron chi connectivity index (χ2n) is 5.12. The van der Waals surface area contributed by atoms with Crippen LogP contribution in [-0.4, -0.2) is 43.3 Å². The third-order valence-electron chi connectivity index (χ3n) is 3.93. The predicted molar refractivity (Wildman–Crippen MR) is 67.5 cm³/mol. The van der Waals surface area contributed by atoms with E-state index in [1.165, 1.54) is 12.8 Å². The summed E-state index contributed by atoms with van der Waals surface area (Å²) in [5, 5.41) is 3.63. The van der Waals surface area contributed by atoms with Crippen molar-refractivity contribution in [3.05, 3.63) is 0 Å². The fraction of sp³-hybridized carbons (Fsp3) is 1.00. The average molecular weight is 230 g/mol. The van der Waals surface area contributed by atoms with Gasteiger partial charge >= 0.3 is 0 Å². The molecule has 0 aromatic rings. The molecule has 0 amide bonds. The van der Waals surface area contributed by atoms with Gasteiger partial charge in [-0.15, -0.1) is 0 Å². The Morgan fingerprint density at radius 2 is 2.25 bits per heavy atom. The summed E-state index contributed by atoms with van der Waals surface area (Å²) in [4.78, 5) is 2.45. The molecule has 0 saturated carbocycles. The van der Waals surface area contributed by atoms with Gasteiger partial charge in [0, 0.05) is 25.2 Å². The zero-order valence-corrected chi connectivity index (χ0v) is 11.0. The smallest absolute Gasteiger partial charge is 0.0906 e. The molecule has 3 atom stereocenters. The minimum Gasteiger partial charge on any atom is -0.312 e. The van der Waals surface area contributed by atoms with Crippen molar-refractivity contribution in [1.29, 1.82) is 0 Å². The molecular formula is C13H27FN2. The van der Waals surface area contributed by atoms with Crippen LogP contribution < -0.4 is 5.32 Å². The summed E-state index contributed by atoms with van der Waals surface area (Å²) in [6.45, 7) is 9.71. The fourth-order valence-corrected chi connectivity index (χ4v) is 2.40. The molecule has 16 heavy (non-hydrogen) atoms. The molecule has 0 aliphatic carbocycles. The molecule has 1 aliphatic heterocycles. The highest BCUT2D eigenvalue weighted by Crippen LogP contribution is 2.16. The van der Waals surface area contributed by atoms with Gasteiger partial charge in [-0.1, -0.05) is 20.3 Å². The molecule has 96 valence electrons. The van der Waals surface area contributed by atoms with Gasteiger partial charge in [0.2, 0.25) is 0 Å². The van der Waals surface area contributed by atoms with Gasteiger partial charge in [0.25, 0.3) is 0 Å². The lowest BCUT2D eigenvalue weighted by Gasteiger charge is -2.31. The average Bonchev–Trinajstić information content (AvgIpc) is 2.48.